The minimum absolute atomic E-state index is 0.0609. The minimum atomic E-state index is -4.24. The van der Waals surface area contributed by atoms with E-state index in [9.17, 15) is 18.1 Å². The van der Waals surface area contributed by atoms with Gasteiger partial charge < -0.3 is 14.4 Å². The van der Waals surface area contributed by atoms with Crippen LogP contribution < -0.4 is 9.30 Å². The molecule has 168 valence electrons. The fourth-order valence-electron chi connectivity index (χ4n) is 5.24. The number of rotatable bonds is 8. The van der Waals surface area contributed by atoms with E-state index in [0.717, 1.165) is 42.4 Å². The molecule has 1 N–H and O–H groups in total. The van der Waals surface area contributed by atoms with Crippen LogP contribution in [0.5, 0.6) is 5.75 Å². The number of aliphatic hydroxyl groups excluding tert-OH is 1. The quantitative estimate of drug-likeness (QED) is 0.379. The molecular weight excluding hydrogens is 416 g/mol. The van der Waals surface area contributed by atoms with Crippen molar-refractivity contribution in [1.29, 1.82) is 0 Å². The van der Waals surface area contributed by atoms with Crippen LogP contribution in [0.15, 0.2) is 43.1 Å². The average Bonchev–Trinajstić information content (AvgIpc) is 2.77. The number of methoxy groups -OCH3 is 1. The third-order valence-electron chi connectivity index (χ3n) is 6.89. The third-order valence-corrected chi connectivity index (χ3v) is 7.68. The number of fused-ring (bicyclic) bond motifs is 4. The maximum absolute atomic E-state index is 11.4. The topological polar surface area (TPSA) is 93.8 Å². The van der Waals surface area contributed by atoms with Gasteiger partial charge in [-0.15, -0.1) is 6.58 Å². The van der Waals surface area contributed by atoms with Crippen molar-refractivity contribution in [2.45, 2.75) is 38.0 Å². The smallest absolute Gasteiger partial charge is 0.213 e. The second-order valence-corrected chi connectivity index (χ2v) is 10.2. The number of benzene rings is 1. The lowest BCUT2D eigenvalue weighted by Gasteiger charge is -2.50. The summed E-state index contributed by atoms with van der Waals surface area (Å²) >= 11 is 0. The number of hydrogen-bond donors (Lipinski definition) is 1. The highest BCUT2D eigenvalue weighted by molar-refractivity contribution is 7.85. The predicted octanol–water partition coefficient (Wildman–Crippen LogP) is 2.00. The summed E-state index contributed by atoms with van der Waals surface area (Å²) in [7, 11) is -2.64. The zero-order chi connectivity index (χ0) is 22.2. The monoisotopic (exact) mass is 446 g/mol. The molecule has 1 aromatic heterocycles. The van der Waals surface area contributed by atoms with Gasteiger partial charge in [0.1, 0.15) is 12.3 Å². The molecule has 3 saturated heterocycles. The van der Waals surface area contributed by atoms with Crippen molar-refractivity contribution in [1.82, 2.24) is 4.90 Å². The molecule has 8 heteroatoms. The SMILES string of the molecule is C=C[C@H]1CN2CC[C@H]1C[C@@H]2[C@@H](O)c1cc[n+](CCCS(=O)(=O)[O-])c2ccc(OC)cc12. The number of hydrogen-bond acceptors (Lipinski definition) is 6. The highest BCUT2D eigenvalue weighted by atomic mass is 32.2. The molecule has 0 amide bonds. The van der Waals surface area contributed by atoms with E-state index in [0.29, 0.717) is 24.1 Å². The predicted molar refractivity (Wildman–Crippen MR) is 117 cm³/mol. The Morgan fingerprint density at radius 1 is 1.42 bits per heavy atom. The standard InChI is InChI=1S/C23H30N2O5S/c1-3-16-15-25-10-7-17(16)13-22(25)23(26)19-8-11-24(9-4-12-31(27,28)29)21-6-5-18(30-2)14-20(19)21/h3,5-6,8,11,14,16-17,22-23,26H,1,4,7,9-10,12-13,15H2,2H3/t16-,17-,22+,23-/m0/s1. The van der Waals surface area contributed by atoms with Crippen molar-refractivity contribution in [2.24, 2.45) is 11.8 Å². The number of aryl methyl sites for hydroxylation is 1. The molecule has 3 fully saturated rings. The van der Waals surface area contributed by atoms with E-state index in [2.05, 4.69) is 11.5 Å². The molecule has 5 atom stereocenters. The number of piperidine rings is 3. The van der Waals surface area contributed by atoms with Gasteiger partial charge in [0.05, 0.1) is 28.7 Å². The fraction of sp³-hybridized carbons (Fsp3) is 0.522. The Balaban J connectivity index is 1.66. The summed E-state index contributed by atoms with van der Waals surface area (Å²) in [5, 5.41) is 12.3. The van der Waals surface area contributed by atoms with Gasteiger partial charge in [0, 0.05) is 42.5 Å². The molecule has 1 aromatic carbocycles. The van der Waals surface area contributed by atoms with Crippen LogP contribution in [0.3, 0.4) is 0 Å². The number of aliphatic hydroxyl groups is 1. The Labute approximate surface area is 183 Å². The molecule has 0 aliphatic carbocycles. The molecule has 0 saturated carbocycles. The lowest BCUT2D eigenvalue weighted by molar-refractivity contribution is -0.671. The molecule has 0 spiro atoms. The molecule has 3 aliphatic rings. The van der Waals surface area contributed by atoms with Gasteiger partial charge in [-0.2, -0.15) is 4.57 Å². The lowest BCUT2D eigenvalue weighted by atomic mass is 9.73. The molecule has 3 aliphatic heterocycles. The van der Waals surface area contributed by atoms with Crippen molar-refractivity contribution in [3.8, 4) is 5.75 Å². The van der Waals surface area contributed by atoms with E-state index >= 15 is 0 Å². The fourth-order valence-corrected chi connectivity index (χ4v) is 5.72. The summed E-state index contributed by atoms with van der Waals surface area (Å²) in [6, 6.07) is 7.65. The van der Waals surface area contributed by atoms with Crippen LogP contribution in [0.4, 0.5) is 0 Å². The summed E-state index contributed by atoms with van der Waals surface area (Å²) in [5.74, 6) is 1.35. The molecular formula is C23H30N2O5S. The van der Waals surface area contributed by atoms with Gasteiger partial charge >= 0.3 is 0 Å². The summed E-state index contributed by atoms with van der Waals surface area (Å²) in [6.07, 6.45) is 5.60. The van der Waals surface area contributed by atoms with Gasteiger partial charge in [0.25, 0.3) is 0 Å². The van der Waals surface area contributed by atoms with Gasteiger partial charge in [-0.1, -0.05) is 6.08 Å². The van der Waals surface area contributed by atoms with Gasteiger partial charge in [-0.3, -0.25) is 4.90 Å². The van der Waals surface area contributed by atoms with E-state index in [4.69, 9.17) is 4.74 Å². The van der Waals surface area contributed by atoms with Crippen molar-refractivity contribution in [3.63, 3.8) is 0 Å². The normalized spacial score (nSPS) is 26.7. The van der Waals surface area contributed by atoms with Crippen LogP contribution in [0.1, 0.15) is 30.9 Å². The molecule has 2 bridgehead atoms. The largest absolute Gasteiger partial charge is 0.748 e. The van der Waals surface area contributed by atoms with Gasteiger partial charge in [-0.05, 0) is 43.4 Å². The van der Waals surface area contributed by atoms with Crippen LogP contribution >= 0.6 is 0 Å². The Hall–Kier alpha value is -2.00. The number of pyridine rings is 1. The average molecular weight is 447 g/mol. The maximum Gasteiger partial charge on any atom is 0.213 e. The molecule has 31 heavy (non-hydrogen) atoms. The Kier molecular flexibility index (Phi) is 6.35. The highest BCUT2D eigenvalue weighted by Crippen LogP contribution is 2.42. The molecule has 1 unspecified atom stereocenters. The van der Waals surface area contributed by atoms with Crippen molar-refractivity contribution in [3.05, 3.63) is 48.7 Å². The van der Waals surface area contributed by atoms with E-state index in [-0.39, 0.29) is 12.5 Å². The zero-order valence-electron chi connectivity index (χ0n) is 17.8. The Morgan fingerprint density at radius 3 is 2.87 bits per heavy atom. The highest BCUT2D eigenvalue weighted by Gasteiger charge is 2.42. The number of ether oxygens (including phenoxy) is 1. The maximum atomic E-state index is 11.4. The van der Waals surface area contributed by atoms with Crippen LogP contribution in [0.25, 0.3) is 10.9 Å². The molecule has 2 aromatic rings. The van der Waals surface area contributed by atoms with Crippen molar-refractivity contribution in [2.75, 3.05) is 26.0 Å². The van der Waals surface area contributed by atoms with E-state index in [1.54, 1.807) is 7.11 Å². The van der Waals surface area contributed by atoms with Gasteiger partial charge in [0.15, 0.2) is 6.20 Å². The Morgan fingerprint density at radius 2 is 2.23 bits per heavy atom. The first-order valence-electron chi connectivity index (χ1n) is 10.8. The van der Waals surface area contributed by atoms with E-state index < -0.39 is 22.0 Å². The molecule has 4 heterocycles. The molecule has 5 rings (SSSR count). The van der Waals surface area contributed by atoms with Crippen LogP contribution in [0.2, 0.25) is 0 Å². The first kappa shape index (κ1) is 22.2. The van der Waals surface area contributed by atoms with Crippen LogP contribution in [-0.2, 0) is 16.7 Å². The van der Waals surface area contributed by atoms with Gasteiger partial charge in [-0.25, -0.2) is 8.42 Å². The van der Waals surface area contributed by atoms with Crippen molar-refractivity contribution >= 4 is 21.0 Å². The number of aromatic nitrogens is 1. The van der Waals surface area contributed by atoms with E-state index in [1.807, 2.05) is 41.1 Å². The molecule has 7 nitrogen and oxygen atoms in total. The zero-order valence-corrected chi connectivity index (χ0v) is 18.6. The summed E-state index contributed by atoms with van der Waals surface area (Å²) in [4.78, 5) is 2.38. The second kappa shape index (κ2) is 8.86. The summed E-state index contributed by atoms with van der Waals surface area (Å²) in [5.41, 5.74) is 1.72. The summed E-state index contributed by atoms with van der Waals surface area (Å²) in [6.45, 7) is 6.31. The lowest BCUT2D eigenvalue weighted by Crippen LogP contribution is -2.54. The summed E-state index contributed by atoms with van der Waals surface area (Å²) < 4.78 is 40.2. The van der Waals surface area contributed by atoms with Gasteiger partial charge in [0.2, 0.25) is 5.52 Å². The first-order chi connectivity index (χ1) is 14.8. The van der Waals surface area contributed by atoms with E-state index in [1.165, 1.54) is 0 Å². The van der Waals surface area contributed by atoms with Crippen molar-refractivity contribution < 1.29 is 27.4 Å². The molecule has 0 radical (unpaired) electrons. The van der Waals surface area contributed by atoms with Crippen LogP contribution in [-0.4, -0.2) is 55.0 Å². The minimum Gasteiger partial charge on any atom is -0.748 e. The Bertz CT molecular complexity index is 1070. The number of nitrogens with zero attached hydrogens (tertiary/aromatic N) is 2. The first-order valence-corrected chi connectivity index (χ1v) is 12.4. The second-order valence-electron chi connectivity index (χ2n) is 8.65. The van der Waals surface area contributed by atoms with Crippen LogP contribution in [0, 0.1) is 11.8 Å². The third kappa shape index (κ3) is 4.62.